The van der Waals surface area contributed by atoms with Gasteiger partial charge in [0.15, 0.2) is 23.9 Å². The van der Waals surface area contributed by atoms with E-state index in [2.05, 4.69) is 22.3 Å². The van der Waals surface area contributed by atoms with Crippen LogP contribution in [0.15, 0.2) is 60.7 Å². The quantitative estimate of drug-likeness (QED) is 0.318. The Morgan fingerprint density at radius 3 is 2.27 bits per heavy atom. The second-order valence-electron chi connectivity index (χ2n) is 11.2. The molecule has 2 aliphatic heterocycles. The monoisotopic (exact) mass is 604 g/mol. The molecule has 1 fully saturated rings. The highest BCUT2D eigenvalue weighted by Gasteiger charge is 2.34. The number of fused-ring (bicyclic) bond motifs is 1. The zero-order valence-corrected chi connectivity index (χ0v) is 25.6. The van der Waals surface area contributed by atoms with Gasteiger partial charge in [-0.2, -0.15) is 0 Å². The van der Waals surface area contributed by atoms with Crippen LogP contribution in [0.3, 0.4) is 0 Å². The molecule has 1 saturated heterocycles. The predicted octanol–water partition coefficient (Wildman–Crippen LogP) is 4.69. The molecule has 10 heteroatoms. The number of rotatable bonds is 10. The summed E-state index contributed by atoms with van der Waals surface area (Å²) in [7, 11) is 3.31. The summed E-state index contributed by atoms with van der Waals surface area (Å²) in [5, 5.41) is 12.3. The number of hydrogen-bond donors (Lipinski definition) is 2. The number of methoxy groups -OCH3 is 2. The van der Waals surface area contributed by atoms with Gasteiger partial charge in [-0.3, -0.25) is 14.5 Å². The van der Waals surface area contributed by atoms with Crippen LogP contribution in [0, 0.1) is 0 Å². The van der Waals surface area contributed by atoms with E-state index in [0.717, 1.165) is 54.2 Å². The van der Waals surface area contributed by atoms with Crippen LogP contribution in [0.25, 0.3) is 0 Å². The molecule has 2 heterocycles. The van der Waals surface area contributed by atoms with Crippen molar-refractivity contribution in [2.75, 3.05) is 32.6 Å². The van der Waals surface area contributed by atoms with E-state index in [1.165, 1.54) is 25.0 Å². The Bertz CT molecular complexity index is 1440. The van der Waals surface area contributed by atoms with E-state index in [1.807, 2.05) is 36.4 Å². The zero-order valence-electron chi connectivity index (χ0n) is 25.6. The lowest BCUT2D eigenvalue weighted by Crippen LogP contribution is -2.41. The molecule has 0 spiro atoms. The molecule has 2 aliphatic rings. The number of nitrogens with one attached hydrogen (secondary N) is 1. The van der Waals surface area contributed by atoms with Crippen LogP contribution in [0.2, 0.25) is 0 Å². The van der Waals surface area contributed by atoms with E-state index in [0.29, 0.717) is 12.1 Å². The predicted molar refractivity (Wildman–Crippen MR) is 163 cm³/mol. The fraction of sp³-hybridized carbons (Fsp3) is 0.412. The molecule has 3 aromatic carbocycles. The first kappa shape index (κ1) is 31.5. The number of esters is 1. The van der Waals surface area contributed by atoms with Crippen molar-refractivity contribution >= 4 is 17.6 Å². The Balaban J connectivity index is 1.31. The fourth-order valence-electron chi connectivity index (χ4n) is 5.69. The molecule has 4 unspecified atom stereocenters. The van der Waals surface area contributed by atoms with Crippen LogP contribution in [-0.4, -0.2) is 61.4 Å². The molecule has 0 radical (unpaired) electrons. The molecule has 44 heavy (non-hydrogen) atoms. The highest BCUT2D eigenvalue weighted by Crippen LogP contribution is 2.39. The third kappa shape index (κ3) is 7.57. The number of benzene rings is 3. The number of aliphatic hydroxyl groups excluding tert-OH is 1. The molecular formula is C34H40N2O8. The highest BCUT2D eigenvalue weighted by atomic mass is 16.7. The summed E-state index contributed by atoms with van der Waals surface area (Å²) < 4.78 is 29.0. The van der Waals surface area contributed by atoms with Crippen LogP contribution in [0.1, 0.15) is 60.5 Å². The maximum atomic E-state index is 12.4. The summed E-state index contributed by atoms with van der Waals surface area (Å²) in [6, 6.07) is 19.2. The van der Waals surface area contributed by atoms with Gasteiger partial charge < -0.3 is 34.1 Å². The number of aliphatic hydroxyl groups is 1. The highest BCUT2D eigenvalue weighted by molar-refractivity contribution is 5.94. The van der Waals surface area contributed by atoms with E-state index < -0.39 is 24.3 Å². The Hall–Kier alpha value is -3.96. The number of nitrogens with zero attached hydrogens (tertiary/aromatic N) is 1. The molecule has 0 aromatic heterocycles. The molecular weight excluding hydrogens is 564 g/mol. The molecule has 0 bridgehead atoms. The van der Waals surface area contributed by atoms with Crippen molar-refractivity contribution in [3.8, 4) is 11.5 Å². The van der Waals surface area contributed by atoms with Crippen molar-refractivity contribution in [3.05, 3.63) is 88.5 Å². The molecule has 0 aliphatic carbocycles. The third-order valence-electron chi connectivity index (χ3n) is 8.04. The molecule has 0 saturated carbocycles. The van der Waals surface area contributed by atoms with Crippen LogP contribution >= 0.6 is 0 Å². The number of carbonyl (C=O) groups excluding carboxylic acids is 2. The Labute approximate surface area is 257 Å². The minimum absolute atomic E-state index is 0.0181. The molecule has 1 amide bonds. The van der Waals surface area contributed by atoms with E-state index >= 15 is 0 Å². The second-order valence-corrected chi connectivity index (χ2v) is 11.2. The molecule has 3 aromatic rings. The van der Waals surface area contributed by atoms with Crippen LogP contribution in [0.5, 0.6) is 11.5 Å². The minimum atomic E-state index is -0.902. The first-order valence-electron chi connectivity index (χ1n) is 14.8. The number of anilines is 1. The van der Waals surface area contributed by atoms with Crippen molar-refractivity contribution in [2.24, 2.45) is 0 Å². The van der Waals surface area contributed by atoms with Gasteiger partial charge in [-0.05, 0) is 59.9 Å². The molecule has 234 valence electrons. The average molecular weight is 605 g/mol. The first-order chi connectivity index (χ1) is 21.3. The van der Waals surface area contributed by atoms with Crippen molar-refractivity contribution in [1.29, 1.82) is 0 Å². The summed E-state index contributed by atoms with van der Waals surface area (Å²) in [5.74, 6) is 0.541. The van der Waals surface area contributed by atoms with Crippen molar-refractivity contribution in [3.63, 3.8) is 0 Å². The van der Waals surface area contributed by atoms with Crippen LogP contribution < -0.4 is 14.8 Å². The summed E-state index contributed by atoms with van der Waals surface area (Å²) in [6.45, 7) is 5.16. The van der Waals surface area contributed by atoms with Gasteiger partial charge in [0.1, 0.15) is 0 Å². The Morgan fingerprint density at radius 1 is 0.977 bits per heavy atom. The number of amides is 1. The summed E-state index contributed by atoms with van der Waals surface area (Å²) in [4.78, 5) is 26.0. The van der Waals surface area contributed by atoms with E-state index in [-0.39, 0.29) is 18.8 Å². The standard InChI is InChI=1S/C34H40N2O8/c1-21(42-22(2)38)33(39)35-28-11-9-25(10-12-28)34-43-29(17-30(44-34)24-7-5-23(20-37)6-8-24)19-36-14-13-26-15-31(40-3)32(41-4)16-27(26)18-36/h5-12,15-16,21,29-30,34,37H,13-14,17-20H2,1-4H3,(H,35,39). The summed E-state index contributed by atoms with van der Waals surface area (Å²) in [5.41, 5.74) is 5.73. The maximum Gasteiger partial charge on any atom is 0.303 e. The van der Waals surface area contributed by atoms with Gasteiger partial charge in [0.2, 0.25) is 0 Å². The van der Waals surface area contributed by atoms with Crippen LogP contribution in [0.4, 0.5) is 5.69 Å². The van der Waals surface area contributed by atoms with Crippen molar-refractivity contribution in [1.82, 2.24) is 4.90 Å². The van der Waals surface area contributed by atoms with Gasteiger partial charge in [0, 0.05) is 44.2 Å². The lowest BCUT2D eigenvalue weighted by molar-refractivity contribution is -0.253. The molecule has 2 N–H and O–H groups in total. The van der Waals surface area contributed by atoms with Gasteiger partial charge in [-0.1, -0.05) is 36.4 Å². The lowest BCUT2D eigenvalue weighted by atomic mass is 9.97. The van der Waals surface area contributed by atoms with Crippen LogP contribution in [-0.2, 0) is 43.4 Å². The summed E-state index contributed by atoms with van der Waals surface area (Å²) in [6.07, 6.45) is -0.272. The first-order valence-corrected chi connectivity index (χ1v) is 14.8. The number of ether oxygens (including phenoxy) is 5. The Morgan fingerprint density at radius 2 is 1.64 bits per heavy atom. The van der Waals surface area contributed by atoms with Gasteiger partial charge in [-0.25, -0.2) is 0 Å². The number of carbonyl (C=O) groups is 2. The van der Waals surface area contributed by atoms with E-state index in [1.54, 1.807) is 26.4 Å². The Kier molecular flexibility index (Phi) is 10.2. The molecule has 10 nitrogen and oxygen atoms in total. The van der Waals surface area contributed by atoms with Gasteiger partial charge in [0.25, 0.3) is 5.91 Å². The SMILES string of the molecule is COc1cc2c(cc1OC)CN(CC1CC(c3ccc(CO)cc3)OC(c3ccc(NC(=O)C(C)OC(C)=O)cc3)O1)CC2. The smallest absolute Gasteiger partial charge is 0.303 e. The topological polar surface area (TPSA) is 116 Å². The van der Waals surface area contributed by atoms with Gasteiger partial charge in [-0.15, -0.1) is 0 Å². The number of hydrogen-bond acceptors (Lipinski definition) is 9. The fourth-order valence-corrected chi connectivity index (χ4v) is 5.69. The largest absolute Gasteiger partial charge is 0.493 e. The second kappa shape index (κ2) is 14.2. The maximum absolute atomic E-state index is 12.4. The zero-order chi connectivity index (χ0) is 31.2. The van der Waals surface area contributed by atoms with Crippen molar-refractivity contribution in [2.45, 2.75) is 64.4 Å². The van der Waals surface area contributed by atoms with Crippen molar-refractivity contribution < 1.29 is 38.4 Å². The lowest BCUT2D eigenvalue weighted by Gasteiger charge is -2.39. The minimum Gasteiger partial charge on any atom is -0.493 e. The third-order valence-corrected chi connectivity index (χ3v) is 8.04. The molecule has 5 rings (SSSR count). The molecule has 4 atom stereocenters. The van der Waals surface area contributed by atoms with E-state index in [9.17, 15) is 14.7 Å². The van der Waals surface area contributed by atoms with E-state index in [4.69, 9.17) is 23.7 Å². The van der Waals surface area contributed by atoms with Gasteiger partial charge in [0.05, 0.1) is 33.0 Å². The van der Waals surface area contributed by atoms with Gasteiger partial charge >= 0.3 is 5.97 Å². The average Bonchev–Trinajstić information content (AvgIpc) is 3.04. The summed E-state index contributed by atoms with van der Waals surface area (Å²) >= 11 is 0. The normalized spacial score (nSPS) is 20.7.